The summed E-state index contributed by atoms with van der Waals surface area (Å²) in [5.41, 5.74) is 0.160. The summed E-state index contributed by atoms with van der Waals surface area (Å²) in [5, 5.41) is 12.4. The molecule has 0 radical (unpaired) electrons. The molecule has 1 unspecified atom stereocenters. The Labute approximate surface area is 171 Å². The van der Waals surface area contributed by atoms with Gasteiger partial charge in [0.1, 0.15) is 5.60 Å². The Morgan fingerprint density at radius 1 is 1.24 bits per heavy atom. The van der Waals surface area contributed by atoms with Crippen LogP contribution in [0.5, 0.6) is 0 Å². The van der Waals surface area contributed by atoms with E-state index in [0.717, 1.165) is 11.8 Å². The second-order valence-corrected chi connectivity index (χ2v) is 9.76. The molecule has 1 aliphatic heterocycles. The van der Waals surface area contributed by atoms with Gasteiger partial charge in [0.25, 0.3) is 10.1 Å². The molecule has 1 aromatic rings. The van der Waals surface area contributed by atoms with Crippen LogP contribution in [0.4, 0.5) is 9.59 Å². The van der Waals surface area contributed by atoms with Crippen molar-refractivity contribution in [3.8, 4) is 0 Å². The second kappa shape index (κ2) is 9.00. The molecule has 1 aliphatic rings. The van der Waals surface area contributed by atoms with Gasteiger partial charge in [-0.1, -0.05) is 30.3 Å². The van der Waals surface area contributed by atoms with E-state index in [1.807, 2.05) is 30.3 Å². The number of carbonyl (C=O) groups excluding carboxylic acids is 1. The zero-order valence-corrected chi connectivity index (χ0v) is 17.8. The lowest BCUT2D eigenvalue weighted by atomic mass is 9.94. The molecular weight excluding hydrogens is 400 g/mol. The number of hydrogen-bond acceptors (Lipinski definition) is 6. The fraction of sp³-hybridized carbons (Fsp3) is 0.579. The lowest BCUT2D eigenvalue weighted by Gasteiger charge is -2.29. The highest BCUT2D eigenvalue weighted by atomic mass is 32.2. The van der Waals surface area contributed by atoms with Gasteiger partial charge in [0, 0.05) is 12.5 Å². The Bertz CT molecular complexity index is 821. The number of carbonyl (C=O) groups is 2. The number of alkyl carbamates (subject to hydrolysis) is 1. The normalized spacial score (nSPS) is 22.3. The molecule has 2 N–H and O–H groups in total. The molecule has 0 aliphatic carbocycles. The van der Waals surface area contributed by atoms with E-state index in [1.54, 1.807) is 20.8 Å². The Kier molecular flexibility index (Phi) is 7.12. The predicted molar refractivity (Wildman–Crippen MR) is 106 cm³/mol. The maximum absolute atomic E-state index is 12.4. The molecule has 1 heterocycles. The Hall–Kier alpha value is -2.33. The third-order valence-electron chi connectivity index (χ3n) is 4.47. The molecule has 0 aromatic heterocycles. The van der Waals surface area contributed by atoms with Gasteiger partial charge >= 0.3 is 12.2 Å². The number of nitrogens with one attached hydrogen (secondary N) is 1. The highest BCUT2D eigenvalue weighted by Crippen LogP contribution is 2.28. The van der Waals surface area contributed by atoms with Gasteiger partial charge in [0.05, 0.1) is 24.9 Å². The highest BCUT2D eigenvalue weighted by Gasteiger charge is 2.45. The summed E-state index contributed by atoms with van der Waals surface area (Å²) in [6.07, 6.45) is -0.571. The minimum absolute atomic E-state index is 0.0306. The molecule has 0 saturated carbocycles. The zero-order valence-electron chi connectivity index (χ0n) is 17.0. The lowest BCUT2D eigenvalue weighted by Crippen LogP contribution is -2.50. The van der Waals surface area contributed by atoms with Gasteiger partial charge in [-0.25, -0.2) is 9.59 Å². The van der Waals surface area contributed by atoms with E-state index in [-0.39, 0.29) is 13.2 Å². The largest absolute Gasteiger partial charge is 0.465 e. The van der Waals surface area contributed by atoms with Crippen molar-refractivity contribution in [1.29, 1.82) is 0 Å². The number of nitrogens with zero attached hydrogens (tertiary/aromatic N) is 1. The molecule has 0 bridgehead atoms. The van der Waals surface area contributed by atoms with Crippen LogP contribution in [-0.2, 0) is 25.5 Å². The third kappa shape index (κ3) is 7.21. The fourth-order valence-corrected chi connectivity index (χ4v) is 3.77. The van der Waals surface area contributed by atoms with Crippen molar-refractivity contribution >= 4 is 22.3 Å². The summed E-state index contributed by atoms with van der Waals surface area (Å²) in [4.78, 5) is 25.4. The topological polar surface area (TPSA) is 122 Å². The van der Waals surface area contributed by atoms with Crippen molar-refractivity contribution in [2.75, 3.05) is 19.4 Å². The van der Waals surface area contributed by atoms with Gasteiger partial charge in [-0.3, -0.25) is 4.18 Å². The summed E-state index contributed by atoms with van der Waals surface area (Å²) in [7, 11) is -3.72. The van der Waals surface area contributed by atoms with E-state index in [4.69, 9.17) is 8.92 Å². The van der Waals surface area contributed by atoms with Crippen LogP contribution in [0.2, 0.25) is 0 Å². The molecule has 2 amide bonds. The molecule has 29 heavy (non-hydrogen) atoms. The first-order chi connectivity index (χ1) is 13.4. The van der Waals surface area contributed by atoms with E-state index in [1.165, 1.54) is 4.90 Å². The molecule has 162 valence electrons. The fourth-order valence-electron chi connectivity index (χ4n) is 3.35. The van der Waals surface area contributed by atoms with E-state index < -0.39 is 45.9 Å². The number of ether oxygens (including phenoxy) is 1. The number of hydrogen-bond donors (Lipinski definition) is 2. The minimum Gasteiger partial charge on any atom is -0.465 e. The summed E-state index contributed by atoms with van der Waals surface area (Å²) >= 11 is 0. The standard InChI is InChI=1S/C19H28N2O7S/c1-19(2,3)28-17(22)20-16-14(12-27-29(4,25)26)11-21(18(23)24)15(16)10-13-8-6-5-7-9-13/h5-9,14-16H,10-12H2,1-4H3,(H,20,22)(H,23,24)/t14-,15?,16+/m0/s1. The van der Waals surface area contributed by atoms with Crippen molar-refractivity contribution in [3.63, 3.8) is 0 Å². The van der Waals surface area contributed by atoms with Crippen molar-refractivity contribution in [2.45, 2.75) is 44.9 Å². The Balaban J connectivity index is 2.29. The Morgan fingerprint density at radius 3 is 2.38 bits per heavy atom. The number of benzene rings is 1. The molecule has 1 aromatic carbocycles. The zero-order chi connectivity index (χ0) is 21.8. The average molecular weight is 429 g/mol. The number of likely N-dealkylation sites (tertiary alicyclic amines) is 1. The second-order valence-electron chi connectivity index (χ2n) is 8.11. The van der Waals surface area contributed by atoms with E-state index >= 15 is 0 Å². The van der Waals surface area contributed by atoms with Crippen LogP contribution in [-0.4, -0.2) is 67.7 Å². The van der Waals surface area contributed by atoms with Gasteiger partial charge in [-0.2, -0.15) is 8.42 Å². The van der Waals surface area contributed by atoms with Gasteiger partial charge in [-0.05, 0) is 32.8 Å². The van der Waals surface area contributed by atoms with Crippen LogP contribution in [0, 0.1) is 5.92 Å². The van der Waals surface area contributed by atoms with Crippen molar-refractivity contribution in [2.24, 2.45) is 5.92 Å². The van der Waals surface area contributed by atoms with E-state index in [2.05, 4.69) is 5.32 Å². The molecule has 2 rings (SSSR count). The molecule has 1 saturated heterocycles. The third-order valence-corrected chi connectivity index (χ3v) is 5.03. The molecule has 1 fully saturated rings. The van der Waals surface area contributed by atoms with Crippen LogP contribution in [0.3, 0.4) is 0 Å². The lowest BCUT2D eigenvalue weighted by molar-refractivity contribution is 0.0473. The van der Waals surface area contributed by atoms with E-state index in [0.29, 0.717) is 6.42 Å². The van der Waals surface area contributed by atoms with E-state index in [9.17, 15) is 23.1 Å². The van der Waals surface area contributed by atoms with Crippen molar-refractivity contribution in [1.82, 2.24) is 10.2 Å². The first-order valence-electron chi connectivity index (χ1n) is 9.23. The van der Waals surface area contributed by atoms with Crippen molar-refractivity contribution in [3.05, 3.63) is 35.9 Å². The minimum atomic E-state index is -3.72. The maximum atomic E-state index is 12.4. The number of rotatable bonds is 6. The highest BCUT2D eigenvalue weighted by molar-refractivity contribution is 7.85. The van der Waals surface area contributed by atoms with Crippen LogP contribution in [0.15, 0.2) is 30.3 Å². The quantitative estimate of drug-likeness (QED) is 0.665. The number of amides is 2. The first kappa shape index (κ1) is 23.0. The molecule has 10 heteroatoms. The number of carboxylic acid groups (broad SMARTS) is 1. The van der Waals surface area contributed by atoms with Crippen molar-refractivity contribution < 1.29 is 32.0 Å². The van der Waals surface area contributed by atoms with Crippen LogP contribution >= 0.6 is 0 Å². The summed E-state index contributed by atoms with van der Waals surface area (Å²) < 4.78 is 33.1. The van der Waals surface area contributed by atoms with Crippen LogP contribution < -0.4 is 5.32 Å². The first-order valence-corrected chi connectivity index (χ1v) is 11.0. The summed E-state index contributed by atoms with van der Waals surface area (Å²) in [5.74, 6) is -0.554. The van der Waals surface area contributed by atoms with Gasteiger partial charge in [0.2, 0.25) is 0 Å². The molecule has 3 atom stereocenters. The molecular formula is C19H28N2O7S. The monoisotopic (exact) mass is 428 g/mol. The maximum Gasteiger partial charge on any atom is 0.407 e. The summed E-state index contributed by atoms with van der Waals surface area (Å²) in [6.45, 7) is 4.95. The Morgan fingerprint density at radius 2 is 1.86 bits per heavy atom. The van der Waals surface area contributed by atoms with Crippen LogP contribution in [0.1, 0.15) is 26.3 Å². The average Bonchev–Trinajstić information content (AvgIpc) is 2.89. The SMILES string of the molecule is CC(C)(C)OC(=O)N[C@H]1C(Cc2ccccc2)N(C(=O)O)C[C@H]1COS(C)(=O)=O. The molecule has 9 nitrogen and oxygen atoms in total. The van der Waals surface area contributed by atoms with Gasteiger partial charge in [-0.15, -0.1) is 0 Å². The van der Waals surface area contributed by atoms with Gasteiger partial charge in [0.15, 0.2) is 0 Å². The molecule has 0 spiro atoms. The predicted octanol–water partition coefficient (Wildman–Crippen LogP) is 2.08. The van der Waals surface area contributed by atoms with Gasteiger partial charge < -0.3 is 20.1 Å². The summed E-state index contributed by atoms with van der Waals surface area (Å²) in [6, 6.07) is 7.99. The van der Waals surface area contributed by atoms with Crippen LogP contribution in [0.25, 0.3) is 0 Å². The smallest absolute Gasteiger partial charge is 0.407 e.